The Bertz CT molecular complexity index is 707. The molecular weight excluding hydrogens is 280 g/mol. The molecule has 2 aromatic rings. The van der Waals surface area contributed by atoms with Crippen molar-refractivity contribution in [2.45, 2.75) is 46.6 Å². The number of hydrogen-bond donors (Lipinski definition) is 0. The Morgan fingerprint density at radius 2 is 1.91 bits per heavy atom. The molecular formula is C16H22N4O2. The quantitative estimate of drug-likeness (QED) is 0.869. The Kier molecular flexibility index (Phi) is 4.00. The van der Waals surface area contributed by atoms with E-state index in [1.807, 2.05) is 20.8 Å². The summed E-state index contributed by atoms with van der Waals surface area (Å²) in [5.41, 5.74) is 2.54. The maximum Gasteiger partial charge on any atom is 0.255 e. The minimum absolute atomic E-state index is 0.0203. The summed E-state index contributed by atoms with van der Waals surface area (Å²) < 4.78 is 6.96. The number of aryl methyl sites for hydroxylation is 3. The number of rotatable bonds is 3. The highest BCUT2D eigenvalue weighted by Crippen LogP contribution is 2.20. The molecule has 0 amide bonds. The number of nitrogens with zero attached hydrogens (tertiary/aromatic N) is 4. The molecule has 1 aliphatic rings. The van der Waals surface area contributed by atoms with Crippen LogP contribution in [0.4, 0.5) is 5.95 Å². The van der Waals surface area contributed by atoms with Crippen LogP contribution in [0.1, 0.15) is 42.0 Å². The molecule has 6 nitrogen and oxygen atoms in total. The van der Waals surface area contributed by atoms with Crippen molar-refractivity contribution in [2.75, 3.05) is 18.0 Å². The van der Waals surface area contributed by atoms with Gasteiger partial charge in [-0.3, -0.25) is 9.36 Å². The molecule has 0 atom stereocenters. The third-order valence-electron chi connectivity index (χ3n) is 4.25. The Morgan fingerprint density at radius 1 is 1.18 bits per heavy atom. The third-order valence-corrected chi connectivity index (χ3v) is 4.25. The summed E-state index contributed by atoms with van der Waals surface area (Å²) in [5, 5.41) is 3.98. The fraction of sp³-hybridized carbons (Fsp3) is 0.562. The Hall–Kier alpha value is -2.11. The summed E-state index contributed by atoms with van der Waals surface area (Å²) in [4.78, 5) is 19.4. The molecule has 1 saturated heterocycles. The molecule has 0 bridgehead atoms. The molecule has 0 saturated carbocycles. The van der Waals surface area contributed by atoms with E-state index in [0.29, 0.717) is 6.54 Å². The van der Waals surface area contributed by atoms with E-state index >= 15 is 0 Å². The second-order valence-electron chi connectivity index (χ2n) is 5.97. The van der Waals surface area contributed by atoms with Gasteiger partial charge in [0.15, 0.2) is 0 Å². The average molecular weight is 302 g/mol. The first-order chi connectivity index (χ1) is 10.6. The van der Waals surface area contributed by atoms with E-state index in [-0.39, 0.29) is 5.56 Å². The zero-order valence-electron chi connectivity index (χ0n) is 13.4. The zero-order valence-corrected chi connectivity index (χ0v) is 13.4. The van der Waals surface area contributed by atoms with E-state index < -0.39 is 0 Å². The SMILES string of the molecule is Cc1cc(=O)n(Cc2c(C)noc2C)c(N2CCCCC2)n1. The summed E-state index contributed by atoms with van der Waals surface area (Å²) in [7, 11) is 0. The second-order valence-corrected chi connectivity index (χ2v) is 5.97. The lowest BCUT2D eigenvalue weighted by Crippen LogP contribution is -2.36. The molecule has 118 valence electrons. The molecule has 3 heterocycles. The van der Waals surface area contributed by atoms with Crippen LogP contribution < -0.4 is 10.5 Å². The number of hydrogen-bond acceptors (Lipinski definition) is 5. The van der Waals surface area contributed by atoms with Gasteiger partial charge in [0.1, 0.15) is 5.76 Å². The van der Waals surface area contributed by atoms with Crippen molar-refractivity contribution in [2.24, 2.45) is 0 Å². The van der Waals surface area contributed by atoms with Crippen molar-refractivity contribution >= 4 is 5.95 Å². The molecule has 0 radical (unpaired) electrons. The Morgan fingerprint density at radius 3 is 2.55 bits per heavy atom. The Labute approximate surface area is 129 Å². The average Bonchev–Trinajstić information content (AvgIpc) is 2.82. The van der Waals surface area contributed by atoms with Crippen molar-refractivity contribution in [3.63, 3.8) is 0 Å². The Balaban J connectivity index is 2.04. The van der Waals surface area contributed by atoms with Crippen LogP contribution in [0.3, 0.4) is 0 Å². The highest BCUT2D eigenvalue weighted by Gasteiger charge is 2.19. The van der Waals surface area contributed by atoms with Crippen LogP contribution in [0, 0.1) is 20.8 Å². The molecule has 6 heteroatoms. The van der Waals surface area contributed by atoms with Gasteiger partial charge in [0, 0.05) is 30.4 Å². The highest BCUT2D eigenvalue weighted by atomic mass is 16.5. The molecule has 1 aliphatic heterocycles. The van der Waals surface area contributed by atoms with Crippen molar-refractivity contribution in [1.29, 1.82) is 0 Å². The highest BCUT2D eigenvalue weighted by molar-refractivity contribution is 5.34. The monoisotopic (exact) mass is 302 g/mol. The lowest BCUT2D eigenvalue weighted by atomic mass is 10.1. The molecule has 22 heavy (non-hydrogen) atoms. The lowest BCUT2D eigenvalue weighted by Gasteiger charge is -2.29. The smallest absolute Gasteiger partial charge is 0.255 e. The molecule has 0 spiro atoms. The van der Waals surface area contributed by atoms with E-state index in [2.05, 4.69) is 15.0 Å². The lowest BCUT2D eigenvalue weighted by molar-refractivity contribution is 0.392. The second kappa shape index (κ2) is 5.94. The topological polar surface area (TPSA) is 64.2 Å². The van der Waals surface area contributed by atoms with E-state index in [1.165, 1.54) is 6.42 Å². The maximum absolute atomic E-state index is 12.5. The molecule has 0 unspecified atom stereocenters. The summed E-state index contributed by atoms with van der Waals surface area (Å²) in [5.74, 6) is 1.53. The van der Waals surface area contributed by atoms with Crippen LogP contribution in [-0.2, 0) is 6.54 Å². The first kappa shape index (κ1) is 14.8. The van der Waals surface area contributed by atoms with Crippen molar-refractivity contribution in [3.8, 4) is 0 Å². The number of aromatic nitrogens is 3. The van der Waals surface area contributed by atoms with Gasteiger partial charge in [-0.15, -0.1) is 0 Å². The van der Waals surface area contributed by atoms with Gasteiger partial charge in [-0.2, -0.15) is 0 Å². The largest absolute Gasteiger partial charge is 0.361 e. The molecule has 1 fully saturated rings. The first-order valence-electron chi connectivity index (χ1n) is 7.81. The zero-order chi connectivity index (χ0) is 15.7. The van der Waals surface area contributed by atoms with Crippen molar-refractivity contribution in [3.05, 3.63) is 39.1 Å². The van der Waals surface area contributed by atoms with Gasteiger partial charge in [-0.05, 0) is 40.0 Å². The summed E-state index contributed by atoms with van der Waals surface area (Å²) in [6, 6.07) is 1.59. The molecule has 3 rings (SSSR count). The van der Waals surface area contributed by atoms with Gasteiger partial charge in [-0.25, -0.2) is 4.98 Å². The van der Waals surface area contributed by atoms with Crippen LogP contribution in [0.15, 0.2) is 15.4 Å². The predicted molar refractivity (Wildman–Crippen MR) is 84.4 cm³/mol. The van der Waals surface area contributed by atoms with Gasteiger partial charge in [0.25, 0.3) is 5.56 Å². The molecule has 0 aromatic carbocycles. The number of piperidine rings is 1. The summed E-state index contributed by atoms with van der Waals surface area (Å²) >= 11 is 0. The van der Waals surface area contributed by atoms with Gasteiger partial charge in [-0.1, -0.05) is 5.16 Å². The fourth-order valence-electron chi connectivity index (χ4n) is 2.98. The van der Waals surface area contributed by atoms with E-state index in [9.17, 15) is 4.79 Å². The van der Waals surface area contributed by atoms with Crippen molar-refractivity contribution in [1.82, 2.24) is 14.7 Å². The van der Waals surface area contributed by atoms with Gasteiger partial charge in [0.05, 0.1) is 12.2 Å². The van der Waals surface area contributed by atoms with Gasteiger partial charge >= 0.3 is 0 Å². The van der Waals surface area contributed by atoms with E-state index in [4.69, 9.17) is 4.52 Å². The fourth-order valence-corrected chi connectivity index (χ4v) is 2.98. The molecule has 2 aromatic heterocycles. The minimum atomic E-state index is -0.0203. The van der Waals surface area contributed by atoms with Crippen LogP contribution in [-0.4, -0.2) is 27.8 Å². The normalized spacial score (nSPS) is 15.3. The predicted octanol–water partition coefficient (Wildman–Crippen LogP) is 2.20. The minimum Gasteiger partial charge on any atom is -0.361 e. The third kappa shape index (κ3) is 2.77. The standard InChI is InChI=1S/C16H22N4O2/c1-11-9-15(21)20(10-14-12(2)18-22-13(14)3)16(17-11)19-7-5-4-6-8-19/h9H,4-8,10H2,1-3H3. The van der Waals surface area contributed by atoms with Crippen LogP contribution >= 0.6 is 0 Å². The molecule has 0 N–H and O–H groups in total. The van der Waals surface area contributed by atoms with Crippen LogP contribution in [0.5, 0.6) is 0 Å². The van der Waals surface area contributed by atoms with Gasteiger partial charge in [0.2, 0.25) is 5.95 Å². The van der Waals surface area contributed by atoms with E-state index in [1.54, 1.807) is 10.6 Å². The van der Waals surface area contributed by atoms with Crippen LogP contribution in [0.25, 0.3) is 0 Å². The van der Waals surface area contributed by atoms with E-state index in [0.717, 1.165) is 54.6 Å². The molecule has 0 aliphatic carbocycles. The summed E-state index contributed by atoms with van der Waals surface area (Å²) in [6.07, 6.45) is 3.54. The first-order valence-corrected chi connectivity index (χ1v) is 7.81. The summed E-state index contributed by atoms with van der Waals surface area (Å²) in [6.45, 7) is 8.02. The van der Waals surface area contributed by atoms with Crippen LogP contribution in [0.2, 0.25) is 0 Å². The van der Waals surface area contributed by atoms with Gasteiger partial charge < -0.3 is 9.42 Å². The maximum atomic E-state index is 12.5. The van der Waals surface area contributed by atoms with Crippen molar-refractivity contribution < 1.29 is 4.52 Å². The number of anilines is 1.